The Morgan fingerprint density at radius 3 is 2.70 bits per heavy atom. The van der Waals surface area contributed by atoms with Crippen LogP contribution in [0.3, 0.4) is 0 Å². The van der Waals surface area contributed by atoms with Gasteiger partial charge in [0, 0.05) is 28.2 Å². The number of hydrogen-bond donors (Lipinski definition) is 1. The van der Waals surface area contributed by atoms with Crippen LogP contribution in [-0.2, 0) is 30.9 Å². The molecular formula is C27H28ClN5O5S2. The molecule has 10 nitrogen and oxygen atoms in total. The number of esters is 1. The minimum Gasteiger partial charge on any atom is -0.460 e. The van der Waals surface area contributed by atoms with E-state index >= 15 is 0 Å². The van der Waals surface area contributed by atoms with Crippen LogP contribution < -0.4 is 5.73 Å². The summed E-state index contributed by atoms with van der Waals surface area (Å²) in [6.07, 6.45) is 1.20. The van der Waals surface area contributed by atoms with Gasteiger partial charge in [0.25, 0.3) is 10.0 Å². The van der Waals surface area contributed by atoms with Crippen LogP contribution in [0.2, 0.25) is 5.02 Å². The summed E-state index contributed by atoms with van der Waals surface area (Å²) in [5, 5.41) is 1.93. The predicted octanol–water partition coefficient (Wildman–Crippen LogP) is 4.21. The van der Waals surface area contributed by atoms with Crippen molar-refractivity contribution in [3.05, 3.63) is 59.4 Å². The molecule has 2 N–H and O–H groups in total. The van der Waals surface area contributed by atoms with E-state index in [4.69, 9.17) is 22.1 Å². The van der Waals surface area contributed by atoms with E-state index < -0.39 is 33.5 Å². The summed E-state index contributed by atoms with van der Waals surface area (Å²) in [4.78, 5) is 36.1. The molecule has 5 rings (SSSR count). The van der Waals surface area contributed by atoms with Crippen molar-refractivity contribution in [3.63, 3.8) is 0 Å². The highest BCUT2D eigenvalue weighted by atomic mass is 35.5. The number of ether oxygens (including phenoxy) is 1. The standard InChI is InChI=1S/C27H28ClN5O5S2/c1-27(2,3)38-24(35)11-19-13-32(40(36,37)25-9-17-5-6-18(28)10-22(17)39-25)14-23(34)33(19)12-16-4-7-20-21(8-16)30-15-31-26(20)29/h4-10,15,19H,11-14H2,1-3H3,(H2,29,30,31). The first kappa shape index (κ1) is 28.2. The van der Waals surface area contributed by atoms with Crippen LogP contribution in [0.25, 0.3) is 21.0 Å². The summed E-state index contributed by atoms with van der Waals surface area (Å²) in [5.74, 6) is -0.599. The number of rotatable bonds is 6. The third-order valence-electron chi connectivity index (χ3n) is 6.45. The van der Waals surface area contributed by atoms with Crippen LogP contribution >= 0.6 is 22.9 Å². The van der Waals surface area contributed by atoms with Crippen molar-refractivity contribution in [2.75, 3.05) is 18.8 Å². The van der Waals surface area contributed by atoms with Gasteiger partial charge in [-0.25, -0.2) is 18.4 Å². The predicted molar refractivity (Wildman–Crippen MR) is 154 cm³/mol. The Kier molecular flexibility index (Phi) is 7.47. The highest BCUT2D eigenvalue weighted by molar-refractivity contribution is 7.91. The number of carbonyl (C=O) groups is 2. The number of anilines is 1. The molecule has 0 aliphatic carbocycles. The van der Waals surface area contributed by atoms with Gasteiger partial charge in [-0.1, -0.05) is 23.7 Å². The van der Waals surface area contributed by atoms with Crippen molar-refractivity contribution in [3.8, 4) is 0 Å². The lowest BCUT2D eigenvalue weighted by atomic mass is 10.1. The van der Waals surface area contributed by atoms with E-state index in [9.17, 15) is 18.0 Å². The molecule has 1 fully saturated rings. The summed E-state index contributed by atoms with van der Waals surface area (Å²) in [7, 11) is -4.03. The van der Waals surface area contributed by atoms with E-state index in [0.717, 1.165) is 31.3 Å². The lowest BCUT2D eigenvalue weighted by Gasteiger charge is -2.40. The van der Waals surface area contributed by atoms with Gasteiger partial charge in [0.05, 0.1) is 24.5 Å². The molecule has 0 spiro atoms. The van der Waals surface area contributed by atoms with E-state index in [1.807, 2.05) is 6.07 Å². The first-order valence-corrected chi connectivity index (χ1v) is 15.1. The number of carbonyl (C=O) groups excluding carboxylic acids is 2. The fourth-order valence-corrected chi connectivity index (χ4v) is 7.90. The number of amides is 1. The van der Waals surface area contributed by atoms with Gasteiger partial charge in [-0.2, -0.15) is 4.31 Å². The average Bonchev–Trinajstić information content (AvgIpc) is 3.29. The molecular weight excluding hydrogens is 574 g/mol. The normalized spacial score (nSPS) is 17.1. The van der Waals surface area contributed by atoms with Crippen molar-refractivity contribution < 1.29 is 22.7 Å². The molecule has 1 aliphatic rings. The number of nitrogens with zero attached hydrogens (tertiary/aromatic N) is 4. The Balaban J connectivity index is 1.45. The van der Waals surface area contributed by atoms with Gasteiger partial charge in [-0.3, -0.25) is 9.59 Å². The molecule has 13 heteroatoms. The maximum Gasteiger partial charge on any atom is 0.308 e. The number of nitrogens with two attached hydrogens (primary N) is 1. The number of fused-ring (bicyclic) bond motifs is 2. The van der Waals surface area contributed by atoms with Crippen molar-refractivity contribution in [2.24, 2.45) is 0 Å². The van der Waals surface area contributed by atoms with E-state index in [-0.39, 0.29) is 30.3 Å². The molecule has 1 aliphatic heterocycles. The molecule has 2 aromatic carbocycles. The van der Waals surface area contributed by atoms with Gasteiger partial charge in [-0.15, -0.1) is 11.3 Å². The van der Waals surface area contributed by atoms with Gasteiger partial charge in [0.1, 0.15) is 22.0 Å². The van der Waals surface area contributed by atoms with Gasteiger partial charge < -0.3 is 15.4 Å². The number of aromatic nitrogens is 2. The Labute approximate surface area is 240 Å². The van der Waals surface area contributed by atoms with Gasteiger partial charge >= 0.3 is 5.97 Å². The number of benzene rings is 2. The molecule has 2 aromatic heterocycles. The van der Waals surface area contributed by atoms with Crippen LogP contribution in [0.4, 0.5) is 5.82 Å². The van der Waals surface area contributed by atoms with Gasteiger partial charge in [0.15, 0.2) is 0 Å². The van der Waals surface area contributed by atoms with E-state index in [0.29, 0.717) is 21.7 Å². The molecule has 0 bridgehead atoms. The Hall–Kier alpha value is -3.32. The smallest absolute Gasteiger partial charge is 0.308 e. The van der Waals surface area contributed by atoms with Crippen molar-refractivity contribution >= 4 is 71.6 Å². The van der Waals surface area contributed by atoms with Gasteiger partial charge in [-0.05, 0) is 62.1 Å². The van der Waals surface area contributed by atoms with Crippen LogP contribution in [0, 0.1) is 0 Å². The molecule has 1 saturated heterocycles. The Bertz CT molecular complexity index is 1730. The molecule has 4 aromatic rings. The fourth-order valence-electron chi connectivity index (χ4n) is 4.65. The number of sulfonamides is 1. The maximum atomic E-state index is 13.7. The largest absolute Gasteiger partial charge is 0.460 e. The first-order chi connectivity index (χ1) is 18.8. The lowest BCUT2D eigenvalue weighted by molar-refractivity contribution is -0.158. The van der Waals surface area contributed by atoms with Crippen molar-refractivity contribution in [1.82, 2.24) is 19.2 Å². The average molecular weight is 602 g/mol. The molecule has 1 atom stereocenters. The van der Waals surface area contributed by atoms with E-state index in [1.54, 1.807) is 57.2 Å². The topological polar surface area (TPSA) is 136 Å². The maximum absolute atomic E-state index is 13.7. The first-order valence-electron chi connectivity index (χ1n) is 12.5. The number of nitrogen functional groups attached to an aromatic ring is 1. The number of piperazine rings is 1. The summed E-state index contributed by atoms with van der Waals surface area (Å²) < 4.78 is 34.8. The molecule has 1 unspecified atom stereocenters. The highest BCUT2D eigenvalue weighted by Crippen LogP contribution is 2.34. The summed E-state index contributed by atoms with van der Waals surface area (Å²) >= 11 is 7.17. The van der Waals surface area contributed by atoms with Crippen LogP contribution in [0.15, 0.2) is 53.0 Å². The zero-order chi connectivity index (χ0) is 28.8. The number of hydrogen-bond acceptors (Lipinski definition) is 9. The van der Waals surface area contributed by atoms with Gasteiger partial charge in [0.2, 0.25) is 5.91 Å². The third-order valence-corrected chi connectivity index (χ3v) is 10.0. The summed E-state index contributed by atoms with van der Waals surface area (Å²) in [6.45, 7) is 4.99. The van der Waals surface area contributed by atoms with Crippen LogP contribution in [0.5, 0.6) is 0 Å². The third kappa shape index (κ3) is 5.90. The summed E-state index contributed by atoms with van der Waals surface area (Å²) in [6, 6.07) is 11.4. The number of thiophene rings is 1. The zero-order valence-corrected chi connectivity index (χ0v) is 24.5. The molecule has 0 saturated carbocycles. The quantitative estimate of drug-likeness (QED) is 0.325. The van der Waals surface area contributed by atoms with Crippen molar-refractivity contribution in [2.45, 2.75) is 49.6 Å². The fraction of sp³-hybridized carbons (Fsp3) is 0.333. The lowest BCUT2D eigenvalue weighted by Crippen LogP contribution is -2.57. The molecule has 210 valence electrons. The molecule has 1 amide bonds. The second-order valence-corrected chi connectivity index (χ2v) is 14.3. The molecule has 3 heterocycles. The van der Waals surface area contributed by atoms with Crippen LogP contribution in [-0.4, -0.2) is 64.2 Å². The monoisotopic (exact) mass is 601 g/mol. The minimum absolute atomic E-state index is 0.0645. The number of halogens is 1. The zero-order valence-electron chi connectivity index (χ0n) is 22.1. The SMILES string of the molecule is CC(C)(C)OC(=O)CC1CN(S(=O)(=O)c2cc3ccc(Cl)cc3s2)CC(=O)N1Cc1ccc2c(N)ncnc2c1. The highest BCUT2D eigenvalue weighted by Gasteiger charge is 2.40. The Morgan fingerprint density at radius 2 is 1.95 bits per heavy atom. The minimum atomic E-state index is -4.03. The molecule has 0 radical (unpaired) electrons. The Morgan fingerprint density at radius 1 is 1.18 bits per heavy atom. The second kappa shape index (κ2) is 10.6. The van der Waals surface area contributed by atoms with E-state index in [1.165, 1.54) is 11.2 Å². The van der Waals surface area contributed by atoms with Crippen LogP contribution in [0.1, 0.15) is 32.8 Å². The summed E-state index contributed by atoms with van der Waals surface area (Å²) in [5.41, 5.74) is 6.58. The second-order valence-electron chi connectivity index (χ2n) is 10.6. The molecule has 40 heavy (non-hydrogen) atoms. The van der Waals surface area contributed by atoms with E-state index in [2.05, 4.69) is 9.97 Å². The van der Waals surface area contributed by atoms with Crippen molar-refractivity contribution in [1.29, 1.82) is 0 Å².